The fourth-order valence-corrected chi connectivity index (χ4v) is 0. The first kappa shape index (κ1) is 318. The first-order valence-corrected chi connectivity index (χ1v) is 0.548. The fourth-order valence-electron chi connectivity index (χ4n) is 0. The molecule has 0 fully saturated rings. The van der Waals surface area contributed by atoms with Crippen molar-refractivity contribution >= 4 is 37.7 Å². The maximum absolute atomic E-state index is 8.25. The first-order chi connectivity index (χ1) is 1.73. The molecule has 15 heteroatoms. The number of rotatable bonds is 0. The van der Waals surface area contributed by atoms with Crippen LogP contribution in [0.2, 0.25) is 0 Å². The zero-order valence-corrected chi connectivity index (χ0v) is 9.59. The van der Waals surface area contributed by atoms with Crippen LogP contribution in [0.3, 0.4) is 0 Å². The molecule has 104 valence electrons. The molecule has 15 heavy (non-hydrogen) atoms. The summed E-state index contributed by atoms with van der Waals surface area (Å²) in [4.78, 5) is 8.25. The second-order valence-corrected chi connectivity index (χ2v) is 0.224. The predicted molar refractivity (Wildman–Crippen MR) is 52.3 cm³/mol. The quantitative estimate of drug-likeness (QED) is 0.237. The maximum atomic E-state index is 8.25. The molecular weight excluding hydrogens is 262 g/mol. The van der Waals surface area contributed by atoms with E-state index in [4.69, 9.17) is 15.3 Å². The van der Waals surface area contributed by atoms with Crippen LogP contribution in [0.25, 0.3) is 0 Å². The van der Waals surface area contributed by atoms with Crippen LogP contribution in [0, 0.1) is 15.3 Å². The monoisotopic (exact) mass is 282 g/mol. The van der Waals surface area contributed by atoms with Gasteiger partial charge >= 0.3 is 37.7 Å². The van der Waals surface area contributed by atoms with E-state index in [2.05, 4.69) is 0 Å². The van der Waals surface area contributed by atoms with E-state index < -0.39 is 5.09 Å². The van der Waals surface area contributed by atoms with Crippen molar-refractivity contribution in [3.8, 4) is 0 Å². The molecule has 0 aliphatic heterocycles. The van der Waals surface area contributed by atoms with E-state index in [0.29, 0.717) is 0 Å². The van der Waals surface area contributed by atoms with Crippen molar-refractivity contribution in [2.75, 3.05) is 0 Å². The van der Waals surface area contributed by atoms with Crippen molar-refractivity contribution in [3.05, 3.63) is 15.3 Å². The summed E-state index contributed by atoms with van der Waals surface area (Å²) in [7, 11) is 0. The van der Waals surface area contributed by atoms with Gasteiger partial charge < -0.3 is 70.1 Å². The number of hydrogen-bond donors (Lipinski definition) is 0. The zero-order valence-electron chi connectivity index (χ0n) is 7.38. The molecule has 0 spiro atoms. The Morgan fingerprint density at radius 1 is 0.533 bits per heavy atom. The molecule has 0 aromatic carbocycles. The summed E-state index contributed by atoms with van der Waals surface area (Å²) in [6.45, 7) is 0. The molecule has 0 aromatic rings. The largest absolute Gasteiger partial charge is 2.00 e. The molecule has 0 amide bonds. The van der Waals surface area contributed by atoms with Gasteiger partial charge in [-0.05, 0) is 0 Å². The third-order valence-corrected chi connectivity index (χ3v) is 0. The van der Waals surface area contributed by atoms with Gasteiger partial charge in [-0.3, -0.25) is 0 Å². The second-order valence-electron chi connectivity index (χ2n) is 0.224. The predicted octanol–water partition coefficient (Wildman–Crippen LogP) is -8.87. The van der Waals surface area contributed by atoms with E-state index in [-0.39, 0.29) is 92.5 Å². The van der Waals surface area contributed by atoms with Gasteiger partial charge in [0.2, 0.25) is 0 Å². The smallest absolute Gasteiger partial charge is 0.412 e. The Bertz CT molecular complexity index is 33.5. The van der Waals surface area contributed by atoms with Crippen molar-refractivity contribution in [2.45, 2.75) is 0 Å². The second kappa shape index (κ2) is 256. The van der Waals surface area contributed by atoms with E-state index in [9.17, 15) is 0 Å². The standard InChI is InChI=1S/Ca.NO3.10H2O/c;2-1(3)4;;;;;;;;;;/h;;10*1H2/q+2;-1;;;;;;;;;;. The van der Waals surface area contributed by atoms with Crippen molar-refractivity contribution in [3.63, 3.8) is 0 Å². The van der Waals surface area contributed by atoms with Gasteiger partial charge in [-0.15, -0.1) is 0 Å². The van der Waals surface area contributed by atoms with E-state index in [1.807, 2.05) is 0 Å². The van der Waals surface area contributed by atoms with Gasteiger partial charge in [0.15, 0.2) is 0 Å². The molecule has 0 aromatic heterocycles. The molecule has 0 aliphatic carbocycles. The minimum atomic E-state index is -1.75. The van der Waals surface area contributed by atoms with Crippen LogP contribution < -0.4 is 0 Å². The average Bonchev–Trinajstić information content (AvgIpc) is 0.811. The van der Waals surface area contributed by atoms with Crippen molar-refractivity contribution < 1.29 is 59.8 Å². The molecule has 0 aliphatic rings. The molecule has 0 bridgehead atoms. The molecule has 0 radical (unpaired) electrons. The first-order valence-electron chi connectivity index (χ1n) is 0.548. The Morgan fingerprint density at radius 3 is 0.533 bits per heavy atom. The molecule has 0 unspecified atom stereocenters. The molecular formula is H20CaNO13+. The van der Waals surface area contributed by atoms with Gasteiger partial charge in [-0.1, -0.05) is 0 Å². The normalized spacial score (nSPS) is 1.60. The van der Waals surface area contributed by atoms with Crippen molar-refractivity contribution in [1.82, 2.24) is 0 Å². The summed E-state index contributed by atoms with van der Waals surface area (Å²) in [5.74, 6) is 0. The third-order valence-electron chi connectivity index (χ3n) is 0. The Kier molecular flexibility index (Phi) is 5430. The summed E-state index contributed by atoms with van der Waals surface area (Å²) >= 11 is 0. The summed E-state index contributed by atoms with van der Waals surface area (Å²) < 4.78 is 0. The molecule has 0 saturated carbocycles. The van der Waals surface area contributed by atoms with Gasteiger partial charge in [-0.2, -0.15) is 0 Å². The Hall–Kier alpha value is 0.0597. The molecule has 0 heterocycles. The number of nitrogens with zero attached hydrogens (tertiary/aromatic N) is 1. The summed E-state index contributed by atoms with van der Waals surface area (Å²) in [5.41, 5.74) is 0. The van der Waals surface area contributed by atoms with Crippen LogP contribution in [0.4, 0.5) is 0 Å². The molecule has 0 saturated heterocycles. The van der Waals surface area contributed by atoms with Crippen molar-refractivity contribution in [1.29, 1.82) is 0 Å². The maximum Gasteiger partial charge on any atom is 2.00 e. The summed E-state index contributed by atoms with van der Waals surface area (Å²) in [6, 6.07) is 0. The SMILES string of the molecule is O.O.O.O.O.O.O.O.O.O.O=[N+]([O-])[O-].[Ca+2]. The van der Waals surface area contributed by atoms with Crippen molar-refractivity contribution in [2.24, 2.45) is 0 Å². The molecule has 0 atom stereocenters. The van der Waals surface area contributed by atoms with E-state index in [1.54, 1.807) is 0 Å². The van der Waals surface area contributed by atoms with E-state index >= 15 is 0 Å². The molecule has 14 nitrogen and oxygen atoms in total. The summed E-state index contributed by atoms with van der Waals surface area (Å²) in [6.07, 6.45) is 0. The topological polar surface area (TPSA) is 381 Å². The van der Waals surface area contributed by atoms with Crippen LogP contribution in [0.1, 0.15) is 0 Å². The Labute approximate surface area is 113 Å². The number of hydrogen-bond acceptors (Lipinski definition) is 3. The van der Waals surface area contributed by atoms with Gasteiger partial charge in [-0.25, -0.2) is 0 Å². The van der Waals surface area contributed by atoms with Gasteiger partial charge in [0, 0.05) is 0 Å². The van der Waals surface area contributed by atoms with Crippen LogP contribution in [0.5, 0.6) is 0 Å². The van der Waals surface area contributed by atoms with Crippen LogP contribution in [-0.2, 0) is 0 Å². The fraction of sp³-hybridized carbons (Fsp3) is 0. The van der Waals surface area contributed by atoms with Gasteiger partial charge in [0.25, 0.3) is 0 Å². The van der Waals surface area contributed by atoms with E-state index in [1.165, 1.54) is 0 Å². The van der Waals surface area contributed by atoms with E-state index in [0.717, 1.165) is 0 Å². The summed E-state index contributed by atoms with van der Waals surface area (Å²) in [5, 5.41) is 14.8. The average molecular weight is 282 g/mol. The van der Waals surface area contributed by atoms with Crippen LogP contribution >= 0.6 is 0 Å². The van der Waals surface area contributed by atoms with Crippen LogP contribution in [0.15, 0.2) is 0 Å². The minimum Gasteiger partial charge on any atom is -0.412 e. The minimum absolute atomic E-state index is 0. The Morgan fingerprint density at radius 2 is 0.533 bits per heavy atom. The van der Waals surface area contributed by atoms with Crippen LogP contribution in [-0.4, -0.2) is 97.6 Å². The van der Waals surface area contributed by atoms with Gasteiger partial charge in [0.1, 0.15) is 0 Å². The molecule has 20 N–H and O–H groups in total. The Balaban J connectivity index is -0.000000000818. The molecule has 0 rings (SSSR count). The third kappa shape index (κ3) is 573000. The zero-order chi connectivity index (χ0) is 3.58. The van der Waals surface area contributed by atoms with Gasteiger partial charge in [0.05, 0.1) is 5.09 Å².